The zero-order valence-corrected chi connectivity index (χ0v) is 22.1. The van der Waals surface area contributed by atoms with Gasteiger partial charge in [0.1, 0.15) is 16.4 Å². The largest absolute Gasteiger partial charge is 0.496 e. The Bertz CT molecular complexity index is 1380. The smallest absolute Gasteiger partial charge is 0.259 e. The number of hydrogen-bond acceptors (Lipinski definition) is 8. The van der Waals surface area contributed by atoms with E-state index in [1.54, 1.807) is 13.3 Å². The van der Waals surface area contributed by atoms with Crippen LogP contribution in [0.1, 0.15) is 54.0 Å². The van der Waals surface area contributed by atoms with Gasteiger partial charge in [-0.05, 0) is 45.8 Å². The van der Waals surface area contributed by atoms with E-state index < -0.39 is 5.91 Å². The maximum Gasteiger partial charge on any atom is 0.259 e. The maximum absolute atomic E-state index is 12.3. The minimum absolute atomic E-state index is 0. The summed E-state index contributed by atoms with van der Waals surface area (Å²) in [6.45, 7) is 6.22. The van der Waals surface area contributed by atoms with Crippen molar-refractivity contribution in [2.45, 2.75) is 38.6 Å². The highest BCUT2D eigenvalue weighted by atomic mass is 35.5. The monoisotopic (exact) mass is 527 g/mol. The summed E-state index contributed by atoms with van der Waals surface area (Å²) in [5.41, 5.74) is 8.91. The quantitative estimate of drug-likeness (QED) is 0.313. The average Bonchev–Trinajstić information content (AvgIpc) is 3.46. The number of benzene rings is 1. The number of nitrogens with two attached hydrogens (primary N) is 1. The van der Waals surface area contributed by atoms with Crippen LogP contribution in [0, 0.1) is 0 Å². The molecule has 1 fully saturated rings. The Hall–Kier alpha value is -3.21. The fourth-order valence-corrected chi connectivity index (χ4v) is 5.54. The Morgan fingerprint density at radius 2 is 2.03 bits per heavy atom. The zero-order chi connectivity index (χ0) is 24.5. The third kappa shape index (κ3) is 4.88. The number of piperidine rings is 1. The highest BCUT2D eigenvalue weighted by Gasteiger charge is 2.24. The first-order valence-electron chi connectivity index (χ1n) is 11.8. The van der Waals surface area contributed by atoms with Crippen LogP contribution in [0.25, 0.3) is 21.3 Å². The van der Waals surface area contributed by atoms with Crippen molar-refractivity contribution in [2.75, 3.05) is 25.5 Å². The Balaban J connectivity index is 0.00000304. The SMILES string of the molecule is COc1ccccc1-c1c(C(N)=O)sc2cnc(Nc3cc(C4CCNCC4)nn3C(C)C)nc12.Cl. The highest BCUT2D eigenvalue weighted by Crippen LogP contribution is 2.41. The molecule has 0 spiro atoms. The van der Waals surface area contributed by atoms with E-state index in [2.05, 4.69) is 35.5 Å². The average molecular weight is 528 g/mol. The number of rotatable bonds is 7. The van der Waals surface area contributed by atoms with E-state index in [0.717, 1.165) is 47.7 Å². The van der Waals surface area contributed by atoms with E-state index in [4.69, 9.17) is 20.6 Å². The summed E-state index contributed by atoms with van der Waals surface area (Å²) in [5.74, 6) is 1.85. The molecule has 1 aliphatic rings. The first-order chi connectivity index (χ1) is 17.0. The van der Waals surface area contributed by atoms with Crippen molar-refractivity contribution in [3.63, 3.8) is 0 Å². The molecule has 0 radical (unpaired) electrons. The fraction of sp³-hybridized carbons (Fsp3) is 0.360. The third-order valence-corrected chi connectivity index (χ3v) is 7.40. The number of thiophene rings is 1. The first kappa shape index (κ1) is 25.9. The van der Waals surface area contributed by atoms with E-state index in [1.807, 2.05) is 28.9 Å². The van der Waals surface area contributed by atoms with Gasteiger partial charge in [0.15, 0.2) is 0 Å². The molecule has 1 aliphatic heterocycles. The normalized spacial score (nSPS) is 14.1. The van der Waals surface area contributed by atoms with Crippen LogP contribution in [-0.4, -0.2) is 45.9 Å². The molecule has 0 saturated carbocycles. The number of primary amides is 1. The number of carbonyl (C=O) groups excluding carboxylic acids is 1. The lowest BCUT2D eigenvalue weighted by atomic mass is 9.95. The summed E-state index contributed by atoms with van der Waals surface area (Å²) in [6, 6.07) is 9.82. The number of carbonyl (C=O) groups is 1. The third-order valence-electron chi connectivity index (χ3n) is 6.27. The number of methoxy groups -OCH3 is 1. The molecule has 1 aromatic carbocycles. The first-order valence-corrected chi connectivity index (χ1v) is 12.6. The van der Waals surface area contributed by atoms with Gasteiger partial charge in [-0.25, -0.2) is 14.6 Å². The van der Waals surface area contributed by atoms with Gasteiger partial charge in [0.2, 0.25) is 5.95 Å². The number of amides is 1. The van der Waals surface area contributed by atoms with E-state index >= 15 is 0 Å². The van der Waals surface area contributed by atoms with Gasteiger partial charge in [-0.1, -0.05) is 18.2 Å². The number of nitrogens with zero attached hydrogens (tertiary/aromatic N) is 4. The van der Waals surface area contributed by atoms with Gasteiger partial charge in [-0.15, -0.1) is 23.7 Å². The zero-order valence-electron chi connectivity index (χ0n) is 20.4. The number of ether oxygens (including phenoxy) is 1. The number of halogens is 1. The van der Waals surface area contributed by atoms with Gasteiger partial charge < -0.3 is 21.1 Å². The summed E-state index contributed by atoms with van der Waals surface area (Å²) < 4.78 is 8.32. The molecule has 0 atom stereocenters. The van der Waals surface area contributed by atoms with Crippen molar-refractivity contribution in [3.8, 4) is 16.9 Å². The molecule has 11 heteroatoms. The van der Waals surface area contributed by atoms with Crippen LogP contribution >= 0.6 is 23.7 Å². The van der Waals surface area contributed by atoms with Gasteiger partial charge in [0.25, 0.3) is 5.91 Å². The number of aromatic nitrogens is 4. The second-order valence-electron chi connectivity index (χ2n) is 8.92. The fourth-order valence-electron chi connectivity index (χ4n) is 4.56. The van der Waals surface area contributed by atoms with Gasteiger partial charge in [0.05, 0.1) is 29.2 Å². The number of hydrogen-bond donors (Lipinski definition) is 3. The van der Waals surface area contributed by atoms with Crippen LogP contribution in [0.15, 0.2) is 36.5 Å². The summed E-state index contributed by atoms with van der Waals surface area (Å²) in [5, 5.41) is 11.7. The van der Waals surface area contributed by atoms with Crippen LogP contribution in [0.2, 0.25) is 0 Å². The van der Waals surface area contributed by atoms with Crippen LogP contribution in [-0.2, 0) is 0 Å². The highest BCUT2D eigenvalue weighted by molar-refractivity contribution is 7.21. The summed E-state index contributed by atoms with van der Waals surface area (Å²) >= 11 is 1.29. The molecular weight excluding hydrogens is 498 g/mol. The predicted octanol–water partition coefficient (Wildman–Crippen LogP) is 4.88. The second kappa shape index (κ2) is 10.8. The van der Waals surface area contributed by atoms with Crippen LogP contribution in [0.3, 0.4) is 0 Å². The topological polar surface area (TPSA) is 120 Å². The molecule has 9 nitrogen and oxygen atoms in total. The lowest BCUT2D eigenvalue weighted by Gasteiger charge is -2.20. The Morgan fingerprint density at radius 3 is 2.72 bits per heavy atom. The van der Waals surface area contributed by atoms with Crippen molar-refractivity contribution in [1.82, 2.24) is 25.1 Å². The van der Waals surface area contributed by atoms with Gasteiger partial charge in [0, 0.05) is 29.2 Å². The molecule has 0 bridgehead atoms. The minimum Gasteiger partial charge on any atom is -0.496 e. The van der Waals surface area contributed by atoms with Crippen molar-refractivity contribution in [3.05, 3.63) is 47.1 Å². The lowest BCUT2D eigenvalue weighted by molar-refractivity contribution is 0.100. The number of fused-ring (bicyclic) bond motifs is 1. The molecule has 4 heterocycles. The number of para-hydroxylation sites is 1. The molecule has 5 rings (SSSR count). The van der Waals surface area contributed by atoms with E-state index in [0.29, 0.717) is 33.6 Å². The number of nitrogens with one attached hydrogen (secondary N) is 2. The van der Waals surface area contributed by atoms with Gasteiger partial charge in [-0.3, -0.25) is 4.79 Å². The van der Waals surface area contributed by atoms with Crippen LogP contribution < -0.4 is 21.1 Å². The Labute approximate surface area is 219 Å². The van der Waals surface area contributed by atoms with E-state index in [9.17, 15) is 4.79 Å². The van der Waals surface area contributed by atoms with E-state index in [1.165, 1.54) is 11.3 Å². The minimum atomic E-state index is -0.507. The summed E-state index contributed by atoms with van der Waals surface area (Å²) in [7, 11) is 1.60. The van der Waals surface area contributed by atoms with Crippen molar-refractivity contribution in [1.29, 1.82) is 0 Å². The standard InChI is InChI=1S/C25H29N7O2S.ClH/c1-14(2)32-20(12-17(31-32)15-8-10-27-11-9-15)29-25-28-13-19-22(30-25)21(23(35-19)24(26)33)16-6-4-5-7-18(16)34-3;/h4-7,12-15,27H,8-11H2,1-3H3,(H2,26,33)(H,28,29,30);1H. The molecule has 4 aromatic rings. The number of anilines is 2. The molecule has 3 aromatic heterocycles. The maximum atomic E-state index is 12.3. The van der Waals surface area contributed by atoms with Gasteiger partial charge >= 0.3 is 0 Å². The van der Waals surface area contributed by atoms with Crippen molar-refractivity contribution in [2.24, 2.45) is 5.73 Å². The molecule has 1 amide bonds. The predicted molar refractivity (Wildman–Crippen MR) is 146 cm³/mol. The van der Waals surface area contributed by atoms with Gasteiger partial charge in [-0.2, -0.15) is 5.10 Å². The Morgan fingerprint density at radius 1 is 1.28 bits per heavy atom. The van der Waals surface area contributed by atoms with Crippen molar-refractivity contribution >= 4 is 51.6 Å². The van der Waals surface area contributed by atoms with Crippen LogP contribution in [0.4, 0.5) is 11.8 Å². The second-order valence-corrected chi connectivity index (χ2v) is 9.97. The molecule has 0 unspecified atom stereocenters. The summed E-state index contributed by atoms with van der Waals surface area (Å²) in [4.78, 5) is 22.1. The molecule has 36 heavy (non-hydrogen) atoms. The Kier molecular flexibility index (Phi) is 7.77. The van der Waals surface area contributed by atoms with Crippen molar-refractivity contribution < 1.29 is 9.53 Å². The molecular formula is C25H30ClN7O2S. The lowest BCUT2D eigenvalue weighted by Crippen LogP contribution is -2.26. The molecule has 1 saturated heterocycles. The molecule has 190 valence electrons. The molecule has 0 aliphatic carbocycles. The molecule has 4 N–H and O–H groups in total. The van der Waals surface area contributed by atoms with Crippen LogP contribution in [0.5, 0.6) is 5.75 Å². The van der Waals surface area contributed by atoms with E-state index in [-0.39, 0.29) is 18.4 Å². The summed E-state index contributed by atoms with van der Waals surface area (Å²) in [6.07, 6.45) is 3.87.